The molecule has 11 nitrogen and oxygen atoms in total. The van der Waals surface area contributed by atoms with Gasteiger partial charge >= 0.3 is 0 Å². The topological polar surface area (TPSA) is 190 Å². The van der Waals surface area contributed by atoms with E-state index in [0.29, 0.717) is 0 Å². The second-order valence-electron chi connectivity index (χ2n) is 5.53. The van der Waals surface area contributed by atoms with E-state index in [1.54, 1.807) is 0 Å². The summed E-state index contributed by atoms with van der Waals surface area (Å²) >= 11 is 0. The molecule has 0 saturated carbocycles. The van der Waals surface area contributed by atoms with E-state index in [4.69, 9.17) is 24.4 Å². The minimum atomic E-state index is -1.72. The van der Waals surface area contributed by atoms with E-state index in [1.807, 2.05) is 0 Å². The summed E-state index contributed by atoms with van der Waals surface area (Å²) < 4.78 is 15.3. The molecule has 23 heavy (non-hydrogen) atoms. The first-order valence-electron chi connectivity index (χ1n) is 7.08. The Morgan fingerprint density at radius 1 is 0.565 bits per heavy atom. The average Bonchev–Trinajstić information content (AvgIpc) is 2.55. The van der Waals surface area contributed by atoms with Gasteiger partial charge in [0.2, 0.25) is 0 Å². The van der Waals surface area contributed by atoms with Gasteiger partial charge in [0.25, 0.3) is 0 Å². The Kier molecular flexibility index (Phi) is 6.27. The maximum Gasteiger partial charge on any atom is 0.189 e. The van der Waals surface area contributed by atoms with Crippen molar-refractivity contribution in [3.8, 4) is 0 Å². The third kappa shape index (κ3) is 3.65. The molecular formula is C12H22O11. The van der Waals surface area contributed by atoms with Crippen LogP contribution in [0.5, 0.6) is 0 Å². The highest BCUT2D eigenvalue weighted by Crippen LogP contribution is 2.27. The van der Waals surface area contributed by atoms with E-state index in [-0.39, 0.29) is 0 Å². The van der Waals surface area contributed by atoms with Gasteiger partial charge in [-0.05, 0) is 0 Å². The van der Waals surface area contributed by atoms with E-state index in [2.05, 4.69) is 0 Å². The van der Waals surface area contributed by atoms with E-state index in [9.17, 15) is 30.6 Å². The molecule has 0 bridgehead atoms. The average molecular weight is 342 g/mol. The van der Waals surface area contributed by atoms with Gasteiger partial charge in [0.15, 0.2) is 12.6 Å². The molecule has 2 rings (SSSR count). The molecule has 2 heterocycles. The standard InChI is InChI=1S/C12H22O11/c13-1-3-5(15)7(17)9(19)11(21-3)23-12-10(20)8(18)6(16)4(2-14)22-12/h3-20H,1-2H2/t3-,4-,5-,6-,7+,8+,9+,10+,11-,12-/m1/s1. The van der Waals surface area contributed by atoms with Crippen molar-refractivity contribution in [2.45, 2.75) is 61.4 Å². The molecule has 0 radical (unpaired) electrons. The Morgan fingerprint density at radius 2 is 0.913 bits per heavy atom. The highest BCUT2D eigenvalue weighted by atomic mass is 16.8. The van der Waals surface area contributed by atoms with Gasteiger partial charge in [-0.15, -0.1) is 0 Å². The molecule has 0 aromatic rings. The lowest BCUT2D eigenvalue weighted by molar-refractivity contribution is -0.376. The zero-order chi connectivity index (χ0) is 17.3. The Labute approximate surface area is 130 Å². The minimum Gasteiger partial charge on any atom is -0.394 e. The number of rotatable bonds is 4. The molecule has 8 N–H and O–H groups in total. The van der Waals surface area contributed by atoms with Crippen molar-refractivity contribution >= 4 is 0 Å². The van der Waals surface area contributed by atoms with Crippen LogP contribution in [0, 0.1) is 0 Å². The largest absolute Gasteiger partial charge is 0.394 e. The number of ether oxygens (including phenoxy) is 3. The number of aliphatic hydroxyl groups excluding tert-OH is 8. The summed E-state index contributed by atoms with van der Waals surface area (Å²) in [7, 11) is 0. The van der Waals surface area contributed by atoms with E-state index in [1.165, 1.54) is 0 Å². The summed E-state index contributed by atoms with van der Waals surface area (Å²) in [5.41, 5.74) is 0. The van der Waals surface area contributed by atoms with Gasteiger partial charge in [0, 0.05) is 0 Å². The minimum absolute atomic E-state index is 0.667. The highest BCUT2D eigenvalue weighted by molar-refractivity contribution is 4.92. The van der Waals surface area contributed by atoms with E-state index >= 15 is 0 Å². The third-order valence-corrected chi connectivity index (χ3v) is 3.97. The van der Waals surface area contributed by atoms with Crippen molar-refractivity contribution < 1.29 is 55.1 Å². The summed E-state index contributed by atoms with van der Waals surface area (Å²) in [4.78, 5) is 0. The lowest BCUT2D eigenvalue weighted by Gasteiger charge is -2.44. The zero-order valence-electron chi connectivity index (χ0n) is 12.0. The van der Waals surface area contributed by atoms with Gasteiger partial charge in [0.1, 0.15) is 48.8 Å². The smallest absolute Gasteiger partial charge is 0.189 e. The lowest BCUT2D eigenvalue weighted by atomic mass is 9.98. The first kappa shape index (κ1) is 18.9. The van der Waals surface area contributed by atoms with Gasteiger partial charge in [-0.1, -0.05) is 0 Å². The highest BCUT2D eigenvalue weighted by Gasteiger charge is 2.49. The van der Waals surface area contributed by atoms with E-state index in [0.717, 1.165) is 0 Å². The van der Waals surface area contributed by atoms with Crippen LogP contribution in [0.15, 0.2) is 0 Å². The van der Waals surface area contributed by atoms with Crippen LogP contribution < -0.4 is 0 Å². The van der Waals surface area contributed by atoms with Crippen molar-refractivity contribution in [3.05, 3.63) is 0 Å². The van der Waals surface area contributed by atoms with Gasteiger partial charge in [0.05, 0.1) is 13.2 Å². The summed E-state index contributed by atoms with van der Waals surface area (Å²) in [6, 6.07) is 0. The van der Waals surface area contributed by atoms with E-state index < -0.39 is 74.6 Å². The molecule has 2 fully saturated rings. The molecule has 2 aliphatic heterocycles. The van der Waals surface area contributed by atoms with Crippen LogP contribution in [0.25, 0.3) is 0 Å². The fourth-order valence-corrected chi connectivity index (χ4v) is 2.49. The number of hydrogen-bond acceptors (Lipinski definition) is 11. The molecule has 2 aliphatic rings. The maximum absolute atomic E-state index is 9.84. The monoisotopic (exact) mass is 342 g/mol. The van der Waals surface area contributed by atoms with Gasteiger partial charge in [-0.3, -0.25) is 0 Å². The first-order valence-corrected chi connectivity index (χ1v) is 7.08. The molecule has 136 valence electrons. The zero-order valence-corrected chi connectivity index (χ0v) is 12.0. The molecular weight excluding hydrogens is 320 g/mol. The second-order valence-corrected chi connectivity index (χ2v) is 5.53. The third-order valence-electron chi connectivity index (χ3n) is 3.97. The fourth-order valence-electron chi connectivity index (χ4n) is 2.49. The summed E-state index contributed by atoms with van der Waals surface area (Å²) in [6.07, 6.45) is -15.6. The summed E-state index contributed by atoms with van der Waals surface area (Å²) in [6.45, 7) is -1.33. The van der Waals surface area contributed by atoms with Gasteiger partial charge in [-0.2, -0.15) is 0 Å². The molecule has 10 atom stereocenters. The number of aliphatic hydroxyl groups is 8. The molecule has 0 aliphatic carbocycles. The van der Waals surface area contributed by atoms with Crippen LogP contribution in [0.2, 0.25) is 0 Å². The van der Waals surface area contributed by atoms with Crippen LogP contribution in [-0.2, 0) is 14.2 Å². The Morgan fingerprint density at radius 3 is 1.22 bits per heavy atom. The molecule has 0 spiro atoms. The second kappa shape index (κ2) is 7.63. The molecule has 11 heteroatoms. The predicted molar refractivity (Wildman–Crippen MR) is 68.6 cm³/mol. The molecule has 0 amide bonds. The predicted octanol–water partition coefficient (Wildman–Crippen LogP) is -5.40. The Bertz CT molecular complexity index is 344. The van der Waals surface area contributed by atoms with Crippen molar-refractivity contribution in [1.82, 2.24) is 0 Å². The summed E-state index contributed by atoms with van der Waals surface area (Å²) in [5, 5.41) is 76.4. The Hall–Kier alpha value is -0.440. The van der Waals surface area contributed by atoms with Crippen molar-refractivity contribution in [2.24, 2.45) is 0 Å². The first-order chi connectivity index (χ1) is 10.8. The van der Waals surface area contributed by atoms with Gasteiger partial charge < -0.3 is 55.1 Å². The van der Waals surface area contributed by atoms with Crippen molar-refractivity contribution in [2.75, 3.05) is 13.2 Å². The maximum atomic E-state index is 9.84. The molecule has 0 aromatic heterocycles. The van der Waals surface area contributed by atoms with Crippen LogP contribution in [0.1, 0.15) is 0 Å². The normalized spacial score (nSPS) is 51.7. The van der Waals surface area contributed by atoms with Gasteiger partial charge in [-0.25, -0.2) is 0 Å². The van der Waals surface area contributed by atoms with Crippen molar-refractivity contribution in [1.29, 1.82) is 0 Å². The summed E-state index contributed by atoms with van der Waals surface area (Å²) in [5.74, 6) is 0. The number of hydrogen-bond donors (Lipinski definition) is 8. The van der Waals surface area contributed by atoms with Crippen LogP contribution in [0.3, 0.4) is 0 Å². The quantitative estimate of drug-likeness (QED) is 0.243. The SMILES string of the molecule is OC[C@H]1O[C@H](O[C@H]2O[C@H](CO)[C@@H](O)[C@H](O)[C@@H]2O)[C@@H](O)[C@@H](O)[C@@H]1O. The van der Waals surface area contributed by atoms with Crippen molar-refractivity contribution in [3.63, 3.8) is 0 Å². The van der Waals surface area contributed by atoms with Crippen LogP contribution >= 0.6 is 0 Å². The fraction of sp³-hybridized carbons (Fsp3) is 1.00. The van der Waals surface area contributed by atoms with Crippen LogP contribution in [-0.4, -0.2) is 115 Å². The Balaban J connectivity index is 2.07. The van der Waals surface area contributed by atoms with Crippen LogP contribution in [0.4, 0.5) is 0 Å². The lowest BCUT2D eigenvalue weighted by Crippen LogP contribution is -2.63. The molecule has 0 unspecified atom stereocenters. The molecule has 0 aromatic carbocycles. The molecule has 2 saturated heterocycles.